The third kappa shape index (κ3) is 4.57. The van der Waals surface area contributed by atoms with Crippen LogP contribution in [-0.4, -0.2) is 49.7 Å². The number of ether oxygens (including phenoxy) is 1. The van der Waals surface area contributed by atoms with Crippen molar-refractivity contribution in [3.8, 4) is 5.75 Å². The number of benzene rings is 1. The predicted octanol–water partition coefficient (Wildman–Crippen LogP) is 0.980. The van der Waals surface area contributed by atoms with Crippen LogP contribution in [0.5, 0.6) is 5.75 Å². The quantitative estimate of drug-likeness (QED) is 0.825. The molecule has 6 nitrogen and oxygen atoms in total. The highest BCUT2D eigenvalue weighted by Gasteiger charge is 2.28. The molecule has 0 amide bonds. The van der Waals surface area contributed by atoms with Crippen molar-refractivity contribution in [3.63, 3.8) is 0 Å². The summed E-state index contributed by atoms with van der Waals surface area (Å²) in [6.07, 6.45) is 0.976. The summed E-state index contributed by atoms with van der Waals surface area (Å²) in [6.45, 7) is 2.48. The van der Waals surface area contributed by atoms with Crippen LogP contribution < -0.4 is 10.5 Å². The van der Waals surface area contributed by atoms with E-state index in [-0.39, 0.29) is 36.1 Å². The molecule has 0 aromatic heterocycles. The van der Waals surface area contributed by atoms with Gasteiger partial charge in [-0.15, -0.1) is 12.4 Å². The fourth-order valence-corrected chi connectivity index (χ4v) is 3.75. The fraction of sp³-hybridized carbons (Fsp3) is 0.571. The van der Waals surface area contributed by atoms with Crippen molar-refractivity contribution in [2.45, 2.75) is 36.8 Å². The number of piperidine rings is 1. The van der Waals surface area contributed by atoms with Gasteiger partial charge in [0.25, 0.3) is 0 Å². The number of halogens is 1. The van der Waals surface area contributed by atoms with Crippen molar-refractivity contribution in [1.29, 1.82) is 0 Å². The number of sulfonamides is 1. The Morgan fingerprint density at radius 1 is 1.41 bits per heavy atom. The molecular formula is C14H23ClN2O4S. The molecule has 0 radical (unpaired) electrons. The van der Waals surface area contributed by atoms with Gasteiger partial charge in [-0.1, -0.05) is 6.07 Å². The molecule has 0 aliphatic carbocycles. The Morgan fingerprint density at radius 3 is 2.64 bits per heavy atom. The SMILES string of the molecule is C[C@@H](CO)Oc1cccc(S(=O)(=O)N2CCC(N)CC2)c1.Cl. The molecule has 1 aliphatic heterocycles. The zero-order valence-corrected chi connectivity index (χ0v) is 14.1. The first-order valence-electron chi connectivity index (χ1n) is 7.07. The molecule has 1 aromatic rings. The normalized spacial score (nSPS) is 18.5. The third-order valence-electron chi connectivity index (χ3n) is 3.54. The van der Waals surface area contributed by atoms with Crippen LogP contribution in [0.15, 0.2) is 29.2 Å². The van der Waals surface area contributed by atoms with Gasteiger partial charge in [-0.05, 0) is 31.9 Å². The minimum Gasteiger partial charge on any atom is -0.488 e. The smallest absolute Gasteiger partial charge is 0.243 e. The number of aliphatic hydroxyl groups excluding tert-OH is 1. The minimum atomic E-state index is -3.52. The lowest BCUT2D eigenvalue weighted by molar-refractivity contribution is 0.129. The molecule has 1 fully saturated rings. The Labute approximate surface area is 137 Å². The molecule has 8 heteroatoms. The largest absolute Gasteiger partial charge is 0.488 e. The summed E-state index contributed by atoms with van der Waals surface area (Å²) in [7, 11) is -3.52. The molecule has 126 valence electrons. The highest BCUT2D eigenvalue weighted by molar-refractivity contribution is 7.89. The van der Waals surface area contributed by atoms with Gasteiger partial charge in [-0.3, -0.25) is 0 Å². The van der Waals surface area contributed by atoms with Gasteiger partial charge >= 0.3 is 0 Å². The lowest BCUT2D eigenvalue weighted by Gasteiger charge is -2.29. The molecule has 3 N–H and O–H groups in total. The molecular weight excluding hydrogens is 328 g/mol. The molecule has 0 spiro atoms. The number of nitrogens with zero attached hydrogens (tertiary/aromatic N) is 1. The summed E-state index contributed by atoms with van der Waals surface area (Å²) >= 11 is 0. The Kier molecular flexibility index (Phi) is 7.08. The molecule has 1 saturated heterocycles. The number of nitrogens with two attached hydrogens (primary N) is 1. The first kappa shape index (κ1) is 19.2. The molecule has 0 bridgehead atoms. The second kappa shape index (κ2) is 8.12. The van der Waals surface area contributed by atoms with E-state index in [1.165, 1.54) is 10.4 Å². The molecule has 0 saturated carbocycles. The summed E-state index contributed by atoms with van der Waals surface area (Å²) in [4.78, 5) is 0.209. The zero-order chi connectivity index (χ0) is 15.5. The lowest BCUT2D eigenvalue weighted by Crippen LogP contribution is -2.42. The topological polar surface area (TPSA) is 92.9 Å². The van der Waals surface area contributed by atoms with Crippen LogP contribution in [0.1, 0.15) is 19.8 Å². The summed E-state index contributed by atoms with van der Waals surface area (Å²) in [6, 6.07) is 6.45. The maximum absolute atomic E-state index is 12.6. The van der Waals surface area contributed by atoms with Crippen LogP contribution in [-0.2, 0) is 10.0 Å². The van der Waals surface area contributed by atoms with Crippen LogP contribution in [0.2, 0.25) is 0 Å². The van der Waals surface area contributed by atoms with Crippen molar-refractivity contribution in [3.05, 3.63) is 24.3 Å². The van der Waals surface area contributed by atoms with Crippen molar-refractivity contribution in [2.24, 2.45) is 5.73 Å². The standard InChI is InChI=1S/C14H22N2O4S.ClH/c1-11(10-17)20-13-3-2-4-14(9-13)21(18,19)16-7-5-12(15)6-8-16;/h2-4,9,11-12,17H,5-8,10,15H2,1H3;1H/t11-;/m0./s1. The maximum atomic E-state index is 12.6. The Bertz CT molecular complexity index is 574. The Balaban J connectivity index is 0.00000242. The molecule has 22 heavy (non-hydrogen) atoms. The van der Waals surface area contributed by atoms with Crippen LogP contribution in [0.4, 0.5) is 0 Å². The van der Waals surface area contributed by atoms with Crippen LogP contribution in [0.25, 0.3) is 0 Å². The van der Waals surface area contributed by atoms with E-state index in [2.05, 4.69) is 0 Å². The second-order valence-corrected chi connectivity index (χ2v) is 7.27. The molecule has 1 heterocycles. The second-order valence-electron chi connectivity index (χ2n) is 5.33. The van der Waals surface area contributed by atoms with Gasteiger partial charge in [0.1, 0.15) is 11.9 Å². The third-order valence-corrected chi connectivity index (χ3v) is 5.43. The first-order valence-corrected chi connectivity index (χ1v) is 8.51. The molecule has 1 aliphatic rings. The van der Waals surface area contributed by atoms with E-state index >= 15 is 0 Å². The van der Waals surface area contributed by atoms with Gasteiger partial charge in [0.15, 0.2) is 0 Å². The molecule has 1 aromatic carbocycles. The van der Waals surface area contributed by atoms with Crippen LogP contribution >= 0.6 is 12.4 Å². The average molecular weight is 351 g/mol. The summed E-state index contributed by atoms with van der Waals surface area (Å²) in [5, 5.41) is 8.99. The summed E-state index contributed by atoms with van der Waals surface area (Å²) in [5.74, 6) is 0.436. The van der Waals surface area contributed by atoms with Gasteiger partial charge in [-0.2, -0.15) is 4.31 Å². The Morgan fingerprint density at radius 2 is 2.05 bits per heavy atom. The van der Waals surface area contributed by atoms with Crippen molar-refractivity contribution < 1.29 is 18.3 Å². The van der Waals surface area contributed by atoms with E-state index in [4.69, 9.17) is 15.6 Å². The van der Waals surface area contributed by atoms with E-state index < -0.39 is 10.0 Å². The van der Waals surface area contributed by atoms with E-state index in [0.29, 0.717) is 31.7 Å². The van der Waals surface area contributed by atoms with Crippen molar-refractivity contribution >= 4 is 22.4 Å². The average Bonchev–Trinajstić information content (AvgIpc) is 2.48. The number of rotatable bonds is 5. The molecule has 2 rings (SSSR count). The van der Waals surface area contributed by atoms with Crippen LogP contribution in [0, 0.1) is 0 Å². The monoisotopic (exact) mass is 350 g/mol. The fourth-order valence-electron chi connectivity index (χ4n) is 2.24. The highest BCUT2D eigenvalue weighted by Crippen LogP contribution is 2.24. The number of hydrogen-bond donors (Lipinski definition) is 2. The van der Waals surface area contributed by atoms with Gasteiger partial charge in [0.2, 0.25) is 10.0 Å². The summed E-state index contributed by atoms with van der Waals surface area (Å²) < 4.78 is 32.1. The van der Waals surface area contributed by atoms with Gasteiger partial charge in [0.05, 0.1) is 11.5 Å². The van der Waals surface area contributed by atoms with E-state index in [1.807, 2.05) is 0 Å². The highest BCUT2D eigenvalue weighted by atomic mass is 35.5. The summed E-state index contributed by atoms with van der Waals surface area (Å²) in [5.41, 5.74) is 5.81. The van der Waals surface area contributed by atoms with Crippen LogP contribution in [0.3, 0.4) is 0 Å². The van der Waals surface area contributed by atoms with E-state index in [9.17, 15) is 8.42 Å². The molecule has 1 atom stereocenters. The maximum Gasteiger partial charge on any atom is 0.243 e. The predicted molar refractivity (Wildman–Crippen MR) is 86.8 cm³/mol. The van der Waals surface area contributed by atoms with Gasteiger partial charge < -0.3 is 15.6 Å². The van der Waals surface area contributed by atoms with E-state index in [0.717, 1.165) is 0 Å². The number of hydrogen-bond acceptors (Lipinski definition) is 5. The van der Waals surface area contributed by atoms with Crippen molar-refractivity contribution in [1.82, 2.24) is 4.31 Å². The first-order chi connectivity index (χ1) is 9.93. The number of aliphatic hydroxyl groups is 1. The van der Waals surface area contributed by atoms with E-state index in [1.54, 1.807) is 25.1 Å². The zero-order valence-electron chi connectivity index (χ0n) is 12.5. The molecule has 0 unspecified atom stereocenters. The minimum absolute atomic E-state index is 0. The lowest BCUT2D eigenvalue weighted by atomic mass is 10.1. The Hall–Kier alpha value is -0.860. The van der Waals surface area contributed by atoms with Gasteiger partial charge in [0, 0.05) is 25.2 Å². The van der Waals surface area contributed by atoms with Crippen molar-refractivity contribution in [2.75, 3.05) is 19.7 Å². The van der Waals surface area contributed by atoms with Gasteiger partial charge in [-0.25, -0.2) is 8.42 Å².